The Kier molecular flexibility index (Phi) is 3.74. The first-order valence-electron chi connectivity index (χ1n) is 5.80. The molecule has 2 rings (SSSR count). The molecule has 0 bridgehead atoms. The van der Waals surface area contributed by atoms with E-state index in [-0.39, 0.29) is 6.04 Å². The molecule has 1 aliphatic carbocycles. The summed E-state index contributed by atoms with van der Waals surface area (Å²) in [6, 6.07) is 0.221. The summed E-state index contributed by atoms with van der Waals surface area (Å²) in [5, 5.41) is 5.24. The van der Waals surface area contributed by atoms with Crippen molar-refractivity contribution in [1.29, 1.82) is 0 Å². The van der Waals surface area contributed by atoms with E-state index in [1.807, 2.05) is 10.8 Å². The molecule has 6 heteroatoms. The number of aryl methyl sites for hydroxylation is 1. The minimum Gasteiger partial charge on any atom is -0.348 e. The van der Waals surface area contributed by atoms with Gasteiger partial charge >= 0.3 is 11.8 Å². The Morgan fingerprint density at radius 2 is 2.18 bits per heavy atom. The number of aromatic nitrogens is 2. The van der Waals surface area contributed by atoms with E-state index < -0.39 is 11.8 Å². The van der Waals surface area contributed by atoms with Gasteiger partial charge in [-0.2, -0.15) is 0 Å². The van der Waals surface area contributed by atoms with E-state index >= 15 is 0 Å². The van der Waals surface area contributed by atoms with Crippen LogP contribution < -0.4 is 10.6 Å². The molecule has 2 N–H and O–H groups in total. The predicted octanol–water partition coefficient (Wildman–Crippen LogP) is -0.332. The zero-order chi connectivity index (χ0) is 12.1. The van der Waals surface area contributed by atoms with Gasteiger partial charge in [0.2, 0.25) is 0 Å². The van der Waals surface area contributed by atoms with Crippen molar-refractivity contribution < 1.29 is 9.59 Å². The molecule has 17 heavy (non-hydrogen) atoms. The second-order valence-corrected chi connectivity index (χ2v) is 4.16. The van der Waals surface area contributed by atoms with Crippen molar-refractivity contribution in [2.45, 2.75) is 31.8 Å². The number of amides is 2. The molecule has 0 atom stereocenters. The molecular weight excluding hydrogens is 220 g/mol. The number of carbonyl (C=O) groups is 2. The van der Waals surface area contributed by atoms with Crippen LogP contribution in [0.1, 0.15) is 19.3 Å². The Morgan fingerprint density at radius 1 is 1.35 bits per heavy atom. The fourth-order valence-corrected chi connectivity index (χ4v) is 1.44. The maximum atomic E-state index is 11.3. The van der Waals surface area contributed by atoms with Gasteiger partial charge in [0, 0.05) is 31.5 Å². The molecule has 1 aromatic rings. The van der Waals surface area contributed by atoms with Crippen LogP contribution in [-0.4, -0.2) is 34.0 Å². The third-order valence-corrected chi connectivity index (χ3v) is 2.56. The summed E-state index contributed by atoms with van der Waals surface area (Å²) in [4.78, 5) is 26.5. The Bertz CT molecular complexity index is 384. The molecule has 6 nitrogen and oxygen atoms in total. The van der Waals surface area contributed by atoms with Crippen LogP contribution in [0, 0.1) is 0 Å². The third-order valence-electron chi connectivity index (χ3n) is 2.56. The summed E-state index contributed by atoms with van der Waals surface area (Å²) in [5.74, 6) is -1.06. The zero-order valence-corrected chi connectivity index (χ0v) is 9.56. The van der Waals surface area contributed by atoms with Crippen molar-refractivity contribution in [2.75, 3.05) is 6.54 Å². The fraction of sp³-hybridized carbons (Fsp3) is 0.545. The zero-order valence-electron chi connectivity index (χ0n) is 9.56. The predicted molar refractivity (Wildman–Crippen MR) is 61.0 cm³/mol. The maximum Gasteiger partial charge on any atom is 0.309 e. The van der Waals surface area contributed by atoms with E-state index in [2.05, 4.69) is 15.6 Å². The Morgan fingerprint density at radius 3 is 2.82 bits per heavy atom. The molecule has 0 radical (unpaired) electrons. The van der Waals surface area contributed by atoms with Crippen LogP contribution >= 0.6 is 0 Å². The van der Waals surface area contributed by atoms with Crippen LogP contribution in [0.5, 0.6) is 0 Å². The van der Waals surface area contributed by atoms with Crippen LogP contribution in [0.15, 0.2) is 18.7 Å². The van der Waals surface area contributed by atoms with Gasteiger partial charge in [0.15, 0.2) is 0 Å². The van der Waals surface area contributed by atoms with E-state index in [9.17, 15) is 9.59 Å². The number of carbonyl (C=O) groups excluding carboxylic acids is 2. The van der Waals surface area contributed by atoms with Crippen LogP contribution in [0.2, 0.25) is 0 Å². The van der Waals surface area contributed by atoms with Crippen molar-refractivity contribution in [3.8, 4) is 0 Å². The average molecular weight is 236 g/mol. The number of hydrogen-bond acceptors (Lipinski definition) is 3. The molecule has 0 spiro atoms. The van der Waals surface area contributed by atoms with E-state index in [0.717, 1.165) is 25.8 Å². The van der Waals surface area contributed by atoms with Gasteiger partial charge < -0.3 is 15.2 Å². The topological polar surface area (TPSA) is 76.0 Å². The average Bonchev–Trinajstić information content (AvgIpc) is 2.97. The number of imidazole rings is 1. The van der Waals surface area contributed by atoms with Crippen molar-refractivity contribution >= 4 is 11.8 Å². The van der Waals surface area contributed by atoms with Gasteiger partial charge in [-0.25, -0.2) is 4.98 Å². The van der Waals surface area contributed by atoms with Gasteiger partial charge in [-0.15, -0.1) is 0 Å². The molecule has 0 saturated heterocycles. The SMILES string of the molecule is O=C(NCCCn1ccnc1)C(=O)NC1CC1. The number of rotatable bonds is 5. The summed E-state index contributed by atoms with van der Waals surface area (Å²) >= 11 is 0. The molecule has 1 heterocycles. The lowest BCUT2D eigenvalue weighted by Crippen LogP contribution is -2.41. The standard InChI is InChI=1S/C11H16N4O2/c16-10(11(17)14-9-2-3-9)13-4-1-6-15-7-5-12-8-15/h5,7-9H,1-4,6H2,(H,13,16)(H,14,17). The molecule has 0 aromatic carbocycles. The van der Waals surface area contributed by atoms with Crippen molar-refractivity contribution in [3.63, 3.8) is 0 Å². The minimum absolute atomic E-state index is 0.221. The van der Waals surface area contributed by atoms with Crippen molar-refractivity contribution in [1.82, 2.24) is 20.2 Å². The summed E-state index contributed by atoms with van der Waals surface area (Å²) in [7, 11) is 0. The normalized spacial score (nSPS) is 14.4. The molecular formula is C11H16N4O2. The van der Waals surface area contributed by atoms with Crippen LogP contribution in [0.25, 0.3) is 0 Å². The Labute approximate surface area is 99.4 Å². The number of nitrogens with one attached hydrogen (secondary N) is 2. The van der Waals surface area contributed by atoms with E-state index in [0.29, 0.717) is 6.54 Å². The summed E-state index contributed by atoms with van der Waals surface area (Å²) in [5.41, 5.74) is 0. The summed E-state index contributed by atoms with van der Waals surface area (Å²) in [6.45, 7) is 1.28. The van der Waals surface area contributed by atoms with Crippen molar-refractivity contribution in [2.24, 2.45) is 0 Å². The van der Waals surface area contributed by atoms with Gasteiger partial charge in [-0.1, -0.05) is 0 Å². The van der Waals surface area contributed by atoms with Gasteiger partial charge in [-0.05, 0) is 19.3 Å². The van der Waals surface area contributed by atoms with Gasteiger partial charge in [-0.3, -0.25) is 9.59 Å². The van der Waals surface area contributed by atoms with Crippen LogP contribution in [0.4, 0.5) is 0 Å². The molecule has 1 aromatic heterocycles. The summed E-state index contributed by atoms with van der Waals surface area (Å²) in [6.07, 6.45) is 8.04. The molecule has 0 unspecified atom stereocenters. The highest BCUT2D eigenvalue weighted by Gasteiger charge is 2.25. The number of nitrogens with zero attached hydrogens (tertiary/aromatic N) is 2. The molecule has 2 amide bonds. The Balaban J connectivity index is 1.57. The lowest BCUT2D eigenvalue weighted by molar-refractivity contribution is -0.139. The highest BCUT2D eigenvalue weighted by atomic mass is 16.2. The lowest BCUT2D eigenvalue weighted by atomic mass is 10.4. The Hall–Kier alpha value is -1.85. The van der Waals surface area contributed by atoms with Crippen LogP contribution in [-0.2, 0) is 16.1 Å². The van der Waals surface area contributed by atoms with Crippen molar-refractivity contribution in [3.05, 3.63) is 18.7 Å². The molecule has 92 valence electrons. The second kappa shape index (κ2) is 5.47. The summed E-state index contributed by atoms with van der Waals surface area (Å²) < 4.78 is 1.93. The maximum absolute atomic E-state index is 11.3. The quantitative estimate of drug-likeness (QED) is 0.543. The first-order valence-corrected chi connectivity index (χ1v) is 5.80. The first-order chi connectivity index (χ1) is 8.25. The minimum atomic E-state index is -0.539. The van der Waals surface area contributed by atoms with Gasteiger partial charge in [0.05, 0.1) is 6.33 Å². The molecule has 1 saturated carbocycles. The van der Waals surface area contributed by atoms with Gasteiger partial charge in [0.1, 0.15) is 0 Å². The molecule has 1 aliphatic rings. The molecule has 1 fully saturated rings. The third kappa shape index (κ3) is 3.90. The van der Waals surface area contributed by atoms with Crippen LogP contribution in [0.3, 0.4) is 0 Å². The van der Waals surface area contributed by atoms with E-state index in [1.165, 1.54) is 0 Å². The first kappa shape index (κ1) is 11.6. The second-order valence-electron chi connectivity index (χ2n) is 4.16. The van der Waals surface area contributed by atoms with E-state index in [1.54, 1.807) is 12.5 Å². The van der Waals surface area contributed by atoms with Gasteiger partial charge in [0.25, 0.3) is 0 Å². The highest BCUT2D eigenvalue weighted by molar-refractivity contribution is 6.35. The number of hydrogen-bond donors (Lipinski definition) is 2. The highest BCUT2D eigenvalue weighted by Crippen LogP contribution is 2.18. The lowest BCUT2D eigenvalue weighted by Gasteiger charge is -2.05. The largest absolute Gasteiger partial charge is 0.348 e. The fourth-order valence-electron chi connectivity index (χ4n) is 1.44. The monoisotopic (exact) mass is 236 g/mol. The van der Waals surface area contributed by atoms with E-state index in [4.69, 9.17) is 0 Å². The smallest absolute Gasteiger partial charge is 0.309 e. The molecule has 0 aliphatic heterocycles.